The van der Waals surface area contributed by atoms with E-state index in [1.165, 1.54) is 6.07 Å². The molecule has 0 radical (unpaired) electrons. The summed E-state index contributed by atoms with van der Waals surface area (Å²) in [6.45, 7) is 0.700. The van der Waals surface area contributed by atoms with E-state index in [0.717, 1.165) is 5.56 Å². The molecule has 1 aromatic carbocycles. The Hall–Kier alpha value is -2.30. The van der Waals surface area contributed by atoms with E-state index >= 15 is 0 Å². The fraction of sp³-hybridized carbons (Fsp3) is 0.167. The normalized spacial score (nSPS) is 10.2. The van der Waals surface area contributed by atoms with E-state index in [-0.39, 0.29) is 5.49 Å². The van der Waals surface area contributed by atoms with Crippen molar-refractivity contribution in [2.24, 2.45) is 0 Å². The molecule has 0 atom stereocenters. The van der Waals surface area contributed by atoms with Gasteiger partial charge in [0.2, 0.25) is 0 Å². The number of benzene rings is 1. The van der Waals surface area contributed by atoms with Gasteiger partial charge in [-0.05, 0) is 17.7 Å². The molecule has 0 unspecified atom stereocenters. The van der Waals surface area contributed by atoms with Gasteiger partial charge in [0.25, 0.3) is 0 Å². The molecule has 0 saturated carbocycles. The van der Waals surface area contributed by atoms with Crippen LogP contribution in [0.15, 0.2) is 42.5 Å². The summed E-state index contributed by atoms with van der Waals surface area (Å²) >= 11 is 0. The Labute approximate surface area is 99.0 Å². The molecule has 0 aliphatic rings. The standard InChI is InChI=1S/C12H14N4O/c1-15(9-10-5-3-2-4-6-10)12-8-7-11(13)16(17)14-12/h2-8,13,17H,9H2,1H3. The molecule has 0 fully saturated rings. The monoisotopic (exact) mass is 230 g/mol. The maximum Gasteiger partial charge on any atom is 0.182 e. The van der Waals surface area contributed by atoms with Crippen molar-refractivity contribution in [1.82, 2.24) is 9.94 Å². The minimum Gasteiger partial charge on any atom is -0.410 e. The molecule has 1 aromatic heterocycles. The highest BCUT2D eigenvalue weighted by atomic mass is 16.5. The van der Waals surface area contributed by atoms with Gasteiger partial charge in [-0.2, -0.15) is 0 Å². The summed E-state index contributed by atoms with van der Waals surface area (Å²) in [4.78, 5) is 2.47. The van der Waals surface area contributed by atoms with Gasteiger partial charge in [-0.15, -0.1) is 5.10 Å². The molecule has 0 aliphatic carbocycles. The number of hydrogen-bond acceptors (Lipinski definition) is 4. The molecule has 2 rings (SSSR count). The summed E-state index contributed by atoms with van der Waals surface area (Å²) < 4.78 is 0. The van der Waals surface area contributed by atoms with Crippen LogP contribution >= 0.6 is 0 Å². The maximum absolute atomic E-state index is 9.31. The minimum absolute atomic E-state index is 0.0399. The Morgan fingerprint density at radius 1 is 1.24 bits per heavy atom. The van der Waals surface area contributed by atoms with Gasteiger partial charge in [-0.3, -0.25) is 5.41 Å². The second-order valence-corrected chi connectivity index (χ2v) is 3.81. The zero-order valence-electron chi connectivity index (χ0n) is 9.54. The second-order valence-electron chi connectivity index (χ2n) is 3.81. The Kier molecular flexibility index (Phi) is 3.09. The van der Waals surface area contributed by atoms with Gasteiger partial charge in [0.05, 0.1) is 0 Å². The third-order valence-corrected chi connectivity index (χ3v) is 2.46. The lowest BCUT2D eigenvalue weighted by Crippen LogP contribution is -2.25. The van der Waals surface area contributed by atoms with E-state index in [2.05, 4.69) is 5.10 Å². The summed E-state index contributed by atoms with van der Waals surface area (Å²) in [6, 6.07) is 13.2. The number of rotatable bonds is 3. The van der Waals surface area contributed by atoms with Crippen LogP contribution in [0.25, 0.3) is 0 Å². The zero-order valence-corrected chi connectivity index (χ0v) is 9.54. The van der Waals surface area contributed by atoms with Crippen LogP contribution in [0.5, 0.6) is 0 Å². The average molecular weight is 230 g/mol. The molecule has 2 aromatic rings. The third kappa shape index (κ3) is 2.63. The van der Waals surface area contributed by atoms with Crippen LogP contribution in [-0.2, 0) is 6.54 Å². The highest BCUT2D eigenvalue weighted by Gasteiger charge is 2.04. The number of nitrogens with one attached hydrogen (secondary N) is 1. The first kappa shape index (κ1) is 11.2. The van der Waals surface area contributed by atoms with Gasteiger partial charge >= 0.3 is 0 Å². The van der Waals surface area contributed by atoms with Crippen molar-refractivity contribution in [3.05, 3.63) is 53.5 Å². The topological polar surface area (TPSA) is 65.1 Å². The summed E-state index contributed by atoms with van der Waals surface area (Å²) in [6.07, 6.45) is 0. The van der Waals surface area contributed by atoms with Crippen molar-refractivity contribution in [3.8, 4) is 0 Å². The van der Waals surface area contributed by atoms with E-state index < -0.39 is 0 Å². The molecule has 0 aliphatic heterocycles. The van der Waals surface area contributed by atoms with Crippen molar-refractivity contribution < 1.29 is 5.21 Å². The molecule has 0 saturated heterocycles. The van der Waals surface area contributed by atoms with Crippen LogP contribution in [0, 0.1) is 5.41 Å². The molecule has 17 heavy (non-hydrogen) atoms. The van der Waals surface area contributed by atoms with Gasteiger partial charge in [0.15, 0.2) is 11.3 Å². The number of aromatic nitrogens is 2. The molecule has 2 N–H and O–H groups in total. The lowest BCUT2D eigenvalue weighted by molar-refractivity contribution is 0.130. The number of anilines is 1. The quantitative estimate of drug-likeness (QED) is 0.779. The second kappa shape index (κ2) is 4.69. The summed E-state index contributed by atoms with van der Waals surface area (Å²) in [5.41, 5.74) is 1.12. The van der Waals surface area contributed by atoms with Crippen molar-refractivity contribution in [1.29, 1.82) is 5.41 Å². The van der Waals surface area contributed by atoms with Crippen molar-refractivity contribution in [2.45, 2.75) is 6.54 Å². The molecule has 0 spiro atoms. The molecule has 1 heterocycles. The Bertz CT molecular complexity index is 550. The molecular weight excluding hydrogens is 216 g/mol. The predicted molar refractivity (Wildman–Crippen MR) is 63.8 cm³/mol. The average Bonchev–Trinajstić information content (AvgIpc) is 2.34. The van der Waals surface area contributed by atoms with Crippen LogP contribution in [0.1, 0.15) is 5.56 Å². The first-order chi connectivity index (χ1) is 8.16. The van der Waals surface area contributed by atoms with E-state index in [4.69, 9.17) is 5.41 Å². The minimum atomic E-state index is -0.0399. The van der Waals surface area contributed by atoms with Crippen LogP contribution < -0.4 is 10.4 Å². The summed E-state index contributed by atoms with van der Waals surface area (Å²) in [5, 5.41) is 20.5. The molecule has 88 valence electrons. The molecule has 5 nitrogen and oxygen atoms in total. The Morgan fingerprint density at radius 2 is 1.94 bits per heavy atom. The van der Waals surface area contributed by atoms with Crippen LogP contribution in [0.3, 0.4) is 0 Å². The lowest BCUT2D eigenvalue weighted by Gasteiger charge is -2.18. The number of nitrogens with zero attached hydrogens (tertiary/aromatic N) is 3. The van der Waals surface area contributed by atoms with Gasteiger partial charge in [-0.1, -0.05) is 35.2 Å². The van der Waals surface area contributed by atoms with E-state index in [9.17, 15) is 5.21 Å². The smallest absolute Gasteiger partial charge is 0.182 e. The number of hydrogen-bond donors (Lipinski definition) is 2. The fourth-order valence-electron chi connectivity index (χ4n) is 1.55. The van der Waals surface area contributed by atoms with E-state index in [1.54, 1.807) is 6.07 Å². The van der Waals surface area contributed by atoms with Gasteiger partial charge < -0.3 is 10.1 Å². The predicted octanol–water partition coefficient (Wildman–Crippen LogP) is 1.24. The summed E-state index contributed by atoms with van der Waals surface area (Å²) in [7, 11) is 1.89. The van der Waals surface area contributed by atoms with Crippen LogP contribution in [-0.4, -0.2) is 22.2 Å². The largest absolute Gasteiger partial charge is 0.410 e. The van der Waals surface area contributed by atoms with Crippen LogP contribution in [0.4, 0.5) is 5.82 Å². The fourth-order valence-corrected chi connectivity index (χ4v) is 1.55. The first-order valence-electron chi connectivity index (χ1n) is 5.26. The zero-order chi connectivity index (χ0) is 12.3. The van der Waals surface area contributed by atoms with Gasteiger partial charge in [0, 0.05) is 13.6 Å². The van der Waals surface area contributed by atoms with E-state index in [0.29, 0.717) is 17.2 Å². The molecule has 0 bridgehead atoms. The maximum atomic E-state index is 9.31. The van der Waals surface area contributed by atoms with Gasteiger partial charge in [-0.25, -0.2) is 0 Å². The SMILES string of the molecule is CN(Cc1ccccc1)c1ccc(=N)n(O)n1. The van der Waals surface area contributed by atoms with Crippen molar-refractivity contribution in [2.75, 3.05) is 11.9 Å². The Balaban J connectivity index is 2.17. The molecular formula is C12H14N4O. The molecule has 0 amide bonds. The Morgan fingerprint density at radius 3 is 2.59 bits per heavy atom. The van der Waals surface area contributed by atoms with E-state index in [1.807, 2.05) is 42.3 Å². The highest BCUT2D eigenvalue weighted by Crippen LogP contribution is 2.09. The molecule has 5 heteroatoms. The van der Waals surface area contributed by atoms with Crippen molar-refractivity contribution in [3.63, 3.8) is 0 Å². The summed E-state index contributed by atoms with van der Waals surface area (Å²) in [5.74, 6) is 0.618. The first-order valence-corrected chi connectivity index (χ1v) is 5.26. The lowest BCUT2D eigenvalue weighted by atomic mass is 10.2. The van der Waals surface area contributed by atoms with Crippen molar-refractivity contribution >= 4 is 5.82 Å². The van der Waals surface area contributed by atoms with Gasteiger partial charge in [0.1, 0.15) is 0 Å². The highest BCUT2D eigenvalue weighted by molar-refractivity contribution is 5.36. The third-order valence-electron chi connectivity index (χ3n) is 2.46. The van der Waals surface area contributed by atoms with Crippen LogP contribution in [0.2, 0.25) is 0 Å².